The molecule has 0 spiro atoms. The summed E-state index contributed by atoms with van der Waals surface area (Å²) in [4.78, 5) is 24.2. The van der Waals surface area contributed by atoms with Crippen LogP contribution in [0.1, 0.15) is 5.76 Å². The number of carbonyl (C=O) groups excluding carboxylic acids is 1. The zero-order valence-corrected chi connectivity index (χ0v) is 14.0. The average Bonchev–Trinajstić information content (AvgIpc) is 3.11. The number of amides is 1. The number of morpholine rings is 1. The number of nitrogens with zero attached hydrogens (tertiary/aromatic N) is 3. The summed E-state index contributed by atoms with van der Waals surface area (Å²) in [7, 11) is 0. The van der Waals surface area contributed by atoms with Gasteiger partial charge in [0.1, 0.15) is 11.5 Å². The highest BCUT2D eigenvalue weighted by molar-refractivity contribution is 5.82. The molecule has 0 atom stereocenters. The number of hydrazone groups is 1. The lowest BCUT2D eigenvalue weighted by Crippen LogP contribution is -2.42. The van der Waals surface area contributed by atoms with E-state index in [1.165, 1.54) is 18.3 Å². The van der Waals surface area contributed by atoms with Crippen molar-refractivity contribution >= 4 is 17.8 Å². The van der Waals surface area contributed by atoms with Crippen LogP contribution in [-0.4, -0.2) is 54.8 Å². The van der Waals surface area contributed by atoms with Gasteiger partial charge < -0.3 is 9.15 Å². The number of non-ortho nitro benzene ring substituents is 1. The molecule has 3 rings (SSSR count). The molecule has 0 saturated carbocycles. The normalized spacial score (nSPS) is 15.2. The van der Waals surface area contributed by atoms with Gasteiger partial charge in [0.25, 0.3) is 11.6 Å². The molecular weight excluding hydrogens is 340 g/mol. The van der Waals surface area contributed by atoms with Crippen LogP contribution < -0.4 is 5.43 Å². The molecule has 0 aliphatic carbocycles. The summed E-state index contributed by atoms with van der Waals surface area (Å²) >= 11 is 0. The molecule has 0 unspecified atom stereocenters. The number of nitro benzene ring substituents is 1. The van der Waals surface area contributed by atoms with E-state index in [4.69, 9.17) is 9.15 Å². The van der Waals surface area contributed by atoms with E-state index in [1.807, 2.05) is 4.90 Å². The van der Waals surface area contributed by atoms with E-state index in [1.54, 1.807) is 24.3 Å². The predicted octanol–water partition coefficient (Wildman–Crippen LogP) is 1.64. The van der Waals surface area contributed by atoms with Crippen LogP contribution in [-0.2, 0) is 9.53 Å². The van der Waals surface area contributed by atoms with E-state index in [-0.39, 0.29) is 18.1 Å². The Labute approximate surface area is 149 Å². The number of rotatable bonds is 6. The number of benzene rings is 1. The van der Waals surface area contributed by atoms with Crippen LogP contribution in [0.4, 0.5) is 5.69 Å². The Balaban J connectivity index is 1.56. The monoisotopic (exact) mass is 358 g/mol. The number of hydrogen-bond acceptors (Lipinski definition) is 7. The molecule has 1 amide bonds. The molecule has 1 fully saturated rings. The van der Waals surface area contributed by atoms with Crippen molar-refractivity contribution in [1.29, 1.82) is 0 Å². The molecule has 1 aliphatic heterocycles. The third-order valence-electron chi connectivity index (χ3n) is 3.82. The Morgan fingerprint density at radius 2 is 2.12 bits per heavy atom. The Hall–Kier alpha value is -3.04. The molecule has 1 aromatic carbocycles. The summed E-state index contributed by atoms with van der Waals surface area (Å²) in [6.45, 7) is 2.97. The van der Waals surface area contributed by atoms with Gasteiger partial charge in [0, 0.05) is 30.8 Å². The van der Waals surface area contributed by atoms with Crippen LogP contribution in [0.15, 0.2) is 45.9 Å². The molecular formula is C17H18N4O5. The fourth-order valence-corrected chi connectivity index (χ4v) is 2.52. The zero-order valence-electron chi connectivity index (χ0n) is 14.0. The maximum atomic E-state index is 11.8. The fraction of sp³-hybridized carbons (Fsp3) is 0.294. The Morgan fingerprint density at radius 1 is 1.31 bits per heavy atom. The number of carbonyl (C=O) groups is 1. The highest BCUT2D eigenvalue weighted by Gasteiger charge is 2.13. The Morgan fingerprint density at radius 3 is 2.88 bits per heavy atom. The van der Waals surface area contributed by atoms with Crippen LogP contribution in [0.3, 0.4) is 0 Å². The molecule has 26 heavy (non-hydrogen) atoms. The maximum Gasteiger partial charge on any atom is 0.270 e. The quantitative estimate of drug-likeness (QED) is 0.477. The van der Waals surface area contributed by atoms with Gasteiger partial charge in [0.15, 0.2) is 0 Å². The van der Waals surface area contributed by atoms with Crippen LogP contribution in [0.2, 0.25) is 0 Å². The average molecular weight is 358 g/mol. The van der Waals surface area contributed by atoms with Crippen molar-refractivity contribution in [3.05, 3.63) is 52.3 Å². The van der Waals surface area contributed by atoms with E-state index in [0.29, 0.717) is 30.3 Å². The third-order valence-corrected chi connectivity index (χ3v) is 3.82. The molecule has 9 heteroatoms. The SMILES string of the molecule is O=C(CN1CCOCC1)N/N=C\c1ccc(-c2cccc([N+](=O)[O-])c2)o1. The van der Waals surface area contributed by atoms with Gasteiger partial charge in [-0.15, -0.1) is 0 Å². The van der Waals surface area contributed by atoms with Crippen LogP contribution in [0.25, 0.3) is 11.3 Å². The van der Waals surface area contributed by atoms with Gasteiger partial charge in [0.2, 0.25) is 0 Å². The highest BCUT2D eigenvalue weighted by atomic mass is 16.6. The van der Waals surface area contributed by atoms with E-state index in [0.717, 1.165) is 13.1 Å². The standard InChI is InChI=1S/C17H18N4O5/c22-17(12-20-6-8-25-9-7-20)19-18-11-15-4-5-16(26-15)13-2-1-3-14(10-13)21(23)24/h1-5,10-11H,6-9,12H2,(H,19,22)/b18-11-. The predicted molar refractivity (Wildman–Crippen MR) is 93.8 cm³/mol. The van der Waals surface area contributed by atoms with E-state index in [2.05, 4.69) is 10.5 Å². The summed E-state index contributed by atoms with van der Waals surface area (Å²) in [5.41, 5.74) is 3.03. The lowest BCUT2D eigenvalue weighted by Gasteiger charge is -2.25. The van der Waals surface area contributed by atoms with Gasteiger partial charge in [-0.25, -0.2) is 5.43 Å². The third kappa shape index (κ3) is 4.74. The first-order valence-electron chi connectivity index (χ1n) is 8.08. The molecule has 1 aromatic heterocycles. The summed E-state index contributed by atoms with van der Waals surface area (Å²) < 4.78 is 10.8. The van der Waals surface area contributed by atoms with Crippen molar-refractivity contribution in [3.63, 3.8) is 0 Å². The second-order valence-electron chi connectivity index (χ2n) is 5.69. The van der Waals surface area contributed by atoms with Crippen molar-refractivity contribution in [3.8, 4) is 11.3 Å². The smallest absolute Gasteiger partial charge is 0.270 e. The summed E-state index contributed by atoms with van der Waals surface area (Å²) in [5, 5.41) is 14.7. The summed E-state index contributed by atoms with van der Waals surface area (Å²) in [6, 6.07) is 9.52. The Kier molecular flexibility index (Phi) is 5.72. The van der Waals surface area contributed by atoms with Gasteiger partial charge in [-0.3, -0.25) is 19.8 Å². The zero-order chi connectivity index (χ0) is 18.4. The van der Waals surface area contributed by atoms with Gasteiger partial charge in [0.05, 0.1) is 30.9 Å². The first kappa shape index (κ1) is 17.8. The van der Waals surface area contributed by atoms with Gasteiger partial charge >= 0.3 is 0 Å². The molecule has 1 N–H and O–H groups in total. The second kappa shape index (κ2) is 8.37. The van der Waals surface area contributed by atoms with Crippen LogP contribution in [0.5, 0.6) is 0 Å². The lowest BCUT2D eigenvalue weighted by atomic mass is 10.1. The van der Waals surface area contributed by atoms with Gasteiger partial charge in [-0.2, -0.15) is 5.10 Å². The largest absolute Gasteiger partial charge is 0.455 e. The minimum absolute atomic E-state index is 0.00973. The molecule has 1 saturated heterocycles. The lowest BCUT2D eigenvalue weighted by molar-refractivity contribution is -0.384. The van der Waals surface area contributed by atoms with E-state index >= 15 is 0 Å². The number of nitrogens with one attached hydrogen (secondary N) is 1. The van der Waals surface area contributed by atoms with Gasteiger partial charge in [-0.1, -0.05) is 12.1 Å². The summed E-state index contributed by atoms with van der Waals surface area (Å²) in [5.74, 6) is 0.696. The first-order chi connectivity index (χ1) is 12.6. The molecule has 136 valence electrons. The highest BCUT2D eigenvalue weighted by Crippen LogP contribution is 2.25. The molecule has 9 nitrogen and oxygen atoms in total. The molecule has 2 aromatic rings. The number of hydrogen-bond donors (Lipinski definition) is 1. The first-order valence-corrected chi connectivity index (χ1v) is 8.08. The molecule has 0 bridgehead atoms. The topological polar surface area (TPSA) is 110 Å². The number of ether oxygens (including phenoxy) is 1. The van der Waals surface area contributed by atoms with Crippen LogP contribution in [0, 0.1) is 10.1 Å². The minimum atomic E-state index is -0.460. The van der Waals surface area contributed by atoms with Gasteiger partial charge in [-0.05, 0) is 12.1 Å². The molecule has 1 aliphatic rings. The van der Waals surface area contributed by atoms with E-state index in [9.17, 15) is 14.9 Å². The Bertz CT molecular complexity index is 811. The van der Waals surface area contributed by atoms with Crippen molar-refractivity contribution in [2.45, 2.75) is 0 Å². The second-order valence-corrected chi connectivity index (χ2v) is 5.69. The van der Waals surface area contributed by atoms with E-state index < -0.39 is 4.92 Å². The number of nitro groups is 1. The maximum absolute atomic E-state index is 11.8. The number of furan rings is 1. The molecule has 0 radical (unpaired) electrons. The molecule has 2 heterocycles. The van der Waals surface area contributed by atoms with Crippen molar-refractivity contribution in [2.75, 3.05) is 32.8 Å². The van der Waals surface area contributed by atoms with Crippen molar-refractivity contribution < 1.29 is 18.9 Å². The summed E-state index contributed by atoms with van der Waals surface area (Å²) in [6.07, 6.45) is 1.39. The minimum Gasteiger partial charge on any atom is -0.455 e. The van der Waals surface area contributed by atoms with Crippen molar-refractivity contribution in [2.24, 2.45) is 5.10 Å². The van der Waals surface area contributed by atoms with Crippen LogP contribution >= 0.6 is 0 Å². The fourth-order valence-electron chi connectivity index (χ4n) is 2.52. The van der Waals surface area contributed by atoms with Crippen molar-refractivity contribution in [1.82, 2.24) is 10.3 Å².